The van der Waals surface area contributed by atoms with Crippen molar-refractivity contribution in [2.24, 2.45) is 0 Å². The molecule has 0 saturated heterocycles. The second-order valence-corrected chi connectivity index (χ2v) is 5.71. The van der Waals surface area contributed by atoms with E-state index >= 15 is 0 Å². The minimum absolute atomic E-state index is 0.0414. The fourth-order valence-corrected chi connectivity index (χ4v) is 2.51. The zero-order valence-electron chi connectivity index (χ0n) is 13.9. The van der Waals surface area contributed by atoms with E-state index in [1.54, 1.807) is 18.2 Å². The number of hydrogen-bond donors (Lipinski definition) is 1. The number of nitrogens with zero attached hydrogens (tertiary/aromatic N) is 2. The highest BCUT2D eigenvalue weighted by atomic mass is 19.4. The molecule has 3 rings (SSSR count). The molecule has 0 fully saturated rings. The predicted octanol–water partition coefficient (Wildman–Crippen LogP) is 4.74. The SMILES string of the molecule is O=C(NCc1ccccc1-c1cc(F)c(F)c(F)c1)n1ccc(C(F)(F)F)n1. The zero-order valence-corrected chi connectivity index (χ0v) is 13.9. The normalized spacial score (nSPS) is 11.5. The first-order chi connectivity index (χ1) is 13.2. The van der Waals surface area contributed by atoms with Crippen LogP contribution in [-0.2, 0) is 12.7 Å². The molecule has 1 aromatic heterocycles. The predicted molar refractivity (Wildman–Crippen MR) is 86.6 cm³/mol. The molecule has 1 heterocycles. The molecule has 0 aliphatic carbocycles. The summed E-state index contributed by atoms with van der Waals surface area (Å²) in [4.78, 5) is 12.0. The zero-order chi connectivity index (χ0) is 20.5. The molecule has 0 aliphatic rings. The van der Waals surface area contributed by atoms with Crippen molar-refractivity contribution in [3.8, 4) is 11.1 Å². The second kappa shape index (κ2) is 7.37. The number of hydrogen-bond acceptors (Lipinski definition) is 2. The van der Waals surface area contributed by atoms with Crippen LogP contribution in [0.5, 0.6) is 0 Å². The number of amides is 1. The molecule has 2 aromatic carbocycles. The third-order valence-electron chi connectivity index (χ3n) is 3.83. The summed E-state index contributed by atoms with van der Waals surface area (Å²) in [6.45, 7) is -0.170. The number of aromatic nitrogens is 2. The van der Waals surface area contributed by atoms with E-state index in [2.05, 4.69) is 10.4 Å². The number of rotatable bonds is 3. The van der Waals surface area contributed by atoms with Crippen molar-refractivity contribution in [3.05, 3.63) is 77.4 Å². The van der Waals surface area contributed by atoms with Gasteiger partial charge in [-0.25, -0.2) is 18.0 Å². The molecule has 146 valence electrons. The fraction of sp³-hybridized carbons (Fsp3) is 0.111. The van der Waals surface area contributed by atoms with E-state index in [0.29, 0.717) is 21.9 Å². The highest BCUT2D eigenvalue weighted by molar-refractivity contribution is 5.76. The van der Waals surface area contributed by atoms with E-state index < -0.39 is 35.4 Å². The Morgan fingerprint density at radius 3 is 2.29 bits per heavy atom. The van der Waals surface area contributed by atoms with Gasteiger partial charge < -0.3 is 5.32 Å². The van der Waals surface area contributed by atoms with E-state index in [0.717, 1.165) is 18.3 Å². The topological polar surface area (TPSA) is 46.9 Å². The van der Waals surface area contributed by atoms with E-state index in [9.17, 15) is 31.1 Å². The van der Waals surface area contributed by atoms with Gasteiger partial charge in [0.15, 0.2) is 23.1 Å². The maximum atomic E-state index is 13.5. The molecule has 3 aromatic rings. The van der Waals surface area contributed by atoms with Gasteiger partial charge in [-0.1, -0.05) is 24.3 Å². The molecule has 4 nitrogen and oxygen atoms in total. The van der Waals surface area contributed by atoms with Crippen molar-refractivity contribution in [1.82, 2.24) is 15.1 Å². The number of benzene rings is 2. The molecule has 0 saturated carbocycles. The first-order valence-corrected chi connectivity index (χ1v) is 7.80. The quantitative estimate of drug-likeness (QED) is 0.511. The maximum absolute atomic E-state index is 13.5. The monoisotopic (exact) mass is 399 g/mol. The number of carbonyl (C=O) groups excluding carboxylic acids is 1. The summed E-state index contributed by atoms with van der Waals surface area (Å²) in [6, 6.07) is 7.55. The average Bonchev–Trinajstić information content (AvgIpc) is 3.15. The van der Waals surface area contributed by atoms with Gasteiger partial charge in [0.1, 0.15) is 0 Å². The van der Waals surface area contributed by atoms with Gasteiger partial charge in [0, 0.05) is 12.7 Å². The first-order valence-electron chi connectivity index (χ1n) is 7.80. The number of nitrogens with one attached hydrogen (secondary N) is 1. The van der Waals surface area contributed by atoms with E-state index in [1.165, 1.54) is 6.07 Å². The van der Waals surface area contributed by atoms with Crippen LogP contribution in [0.4, 0.5) is 31.1 Å². The Kier molecular flexibility index (Phi) is 5.12. The van der Waals surface area contributed by atoms with Crippen LogP contribution in [0.15, 0.2) is 48.7 Å². The molecule has 0 spiro atoms. The summed E-state index contributed by atoms with van der Waals surface area (Å²) in [5.41, 5.74) is -0.457. The van der Waals surface area contributed by atoms with Crippen molar-refractivity contribution in [2.45, 2.75) is 12.7 Å². The molecule has 0 bridgehead atoms. The van der Waals surface area contributed by atoms with Crippen LogP contribution in [0.2, 0.25) is 0 Å². The van der Waals surface area contributed by atoms with E-state index in [1.807, 2.05) is 0 Å². The summed E-state index contributed by atoms with van der Waals surface area (Å²) < 4.78 is 78.3. The average molecular weight is 399 g/mol. The van der Waals surface area contributed by atoms with Gasteiger partial charge in [0.2, 0.25) is 0 Å². The third-order valence-corrected chi connectivity index (χ3v) is 3.83. The van der Waals surface area contributed by atoms with Crippen LogP contribution < -0.4 is 5.32 Å². The Hall–Kier alpha value is -3.30. The minimum atomic E-state index is -4.69. The van der Waals surface area contributed by atoms with Gasteiger partial charge in [-0.05, 0) is 34.9 Å². The Balaban J connectivity index is 1.81. The van der Waals surface area contributed by atoms with Crippen LogP contribution >= 0.6 is 0 Å². The van der Waals surface area contributed by atoms with Gasteiger partial charge in [-0.3, -0.25) is 0 Å². The molecule has 0 aliphatic heterocycles. The maximum Gasteiger partial charge on any atom is 0.435 e. The molecule has 10 heteroatoms. The van der Waals surface area contributed by atoms with Crippen molar-refractivity contribution in [2.75, 3.05) is 0 Å². The Morgan fingerprint density at radius 1 is 1.04 bits per heavy atom. The lowest BCUT2D eigenvalue weighted by atomic mass is 9.99. The Labute approximate surface area is 154 Å². The van der Waals surface area contributed by atoms with Crippen LogP contribution in [0.3, 0.4) is 0 Å². The number of carbonyl (C=O) groups is 1. The summed E-state index contributed by atoms with van der Waals surface area (Å²) in [6.07, 6.45) is -3.83. The van der Waals surface area contributed by atoms with Crippen LogP contribution in [-0.4, -0.2) is 15.8 Å². The van der Waals surface area contributed by atoms with Crippen molar-refractivity contribution in [3.63, 3.8) is 0 Å². The van der Waals surface area contributed by atoms with Crippen molar-refractivity contribution < 1.29 is 31.1 Å². The van der Waals surface area contributed by atoms with Gasteiger partial charge in [-0.15, -0.1) is 0 Å². The number of alkyl halides is 3. The molecule has 0 radical (unpaired) electrons. The fourth-order valence-electron chi connectivity index (χ4n) is 2.51. The summed E-state index contributed by atoms with van der Waals surface area (Å²) in [5, 5.41) is 5.51. The molecule has 0 atom stereocenters. The Bertz CT molecular complexity index is 1010. The third kappa shape index (κ3) is 4.00. The summed E-state index contributed by atoms with van der Waals surface area (Å²) in [7, 11) is 0. The lowest BCUT2D eigenvalue weighted by Crippen LogP contribution is -2.29. The summed E-state index contributed by atoms with van der Waals surface area (Å²) in [5.74, 6) is -4.34. The van der Waals surface area contributed by atoms with E-state index in [-0.39, 0.29) is 12.1 Å². The molecule has 28 heavy (non-hydrogen) atoms. The standard InChI is InChI=1S/C18H11F6N3O/c19-13-7-11(8-14(20)16(13)21)12-4-2-1-3-10(12)9-25-17(28)27-6-5-15(26-27)18(22,23)24/h1-8H,9H2,(H,25,28). The highest BCUT2D eigenvalue weighted by Gasteiger charge is 2.34. The molecule has 1 N–H and O–H groups in total. The van der Waals surface area contributed by atoms with Crippen LogP contribution in [0, 0.1) is 17.5 Å². The summed E-state index contributed by atoms with van der Waals surface area (Å²) >= 11 is 0. The van der Waals surface area contributed by atoms with Gasteiger partial charge in [0.05, 0.1) is 0 Å². The van der Waals surface area contributed by atoms with Crippen molar-refractivity contribution >= 4 is 6.03 Å². The molecule has 1 amide bonds. The number of halogens is 6. The molecular weight excluding hydrogens is 388 g/mol. The van der Waals surface area contributed by atoms with Crippen molar-refractivity contribution in [1.29, 1.82) is 0 Å². The van der Waals surface area contributed by atoms with Crippen LogP contribution in [0.1, 0.15) is 11.3 Å². The van der Waals surface area contributed by atoms with Gasteiger partial charge >= 0.3 is 12.2 Å². The lowest BCUT2D eigenvalue weighted by Gasteiger charge is -2.11. The highest BCUT2D eigenvalue weighted by Crippen LogP contribution is 2.28. The smallest absolute Gasteiger partial charge is 0.332 e. The largest absolute Gasteiger partial charge is 0.435 e. The Morgan fingerprint density at radius 2 is 1.68 bits per heavy atom. The lowest BCUT2D eigenvalue weighted by molar-refractivity contribution is -0.141. The first kappa shape index (κ1) is 19.5. The molecular formula is C18H11F6N3O. The molecule has 0 unspecified atom stereocenters. The van der Waals surface area contributed by atoms with Gasteiger partial charge in [-0.2, -0.15) is 23.0 Å². The van der Waals surface area contributed by atoms with Gasteiger partial charge in [0.25, 0.3) is 0 Å². The van der Waals surface area contributed by atoms with Crippen LogP contribution in [0.25, 0.3) is 11.1 Å². The second-order valence-electron chi connectivity index (χ2n) is 5.71. The van der Waals surface area contributed by atoms with E-state index in [4.69, 9.17) is 0 Å². The minimum Gasteiger partial charge on any atom is -0.332 e.